The summed E-state index contributed by atoms with van der Waals surface area (Å²) in [4.78, 5) is 13.4. The molecule has 1 fully saturated rings. The SMILES string of the molecule is CCC1(O)CN(C(=O)CNc2ccccc2)C1. The molecule has 17 heavy (non-hydrogen) atoms. The van der Waals surface area contributed by atoms with Crippen molar-refractivity contribution < 1.29 is 9.90 Å². The molecule has 0 radical (unpaired) electrons. The van der Waals surface area contributed by atoms with Crippen molar-refractivity contribution in [1.82, 2.24) is 4.90 Å². The minimum Gasteiger partial charge on any atom is -0.386 e. The number of rotatable bonds is 4. The number of carbonyl (C=O) groups excluding carboxylic acids is 1. The number of hydrogen-bond donors (Lipinski definition) is 2. The molecule has 1 saturated heterocycles. The Kier molecular flexibility index (Phi) is 3.33. The fourth-order valence-corrected chi connectivity index (χ4v) is 1.91. The third-order valence-corrected chi connectivity index (χ3v) is 3.20. The van der Waals surface area contributed by atoms with Crippen LogP contribution in [0.15, 0.2) is 30.3 Å². The summed E-state index contributed by atoms with van der Waals surface area (Å²) in [7, 11) is 0. The van der Waals surface area contributed by atoms with Gasteiger partial charge in [-0.3, -0.25) is 4.79 Å². The molecule has 1 aromatic carbocycles. The van der Waals surface area contributed by atoms with Gasteiger partial charge in [-0.25, -0.2) is 0 Å². The number of hydrogen-bond acceptors (Lipinski definition) is 3. The molecule has 2 N–H and O–H groups in total. The van der Waals surface area contributed by atoms with Gasteiger partial charge in [-0.1, -0.05) is 25.1 Å². The second-order valence-corrected chi connectivity index (χ2v) is 4.55. The Hall–Kier alpha value is -1.55. The summed E-state index contributed by atoms with van der Waals surface area (Å²) in [6.45, 7) is 3.13. The normalized spacial score (nSPS) is 17.4. The molecule has 1 aliphatic rings. The minimum atomic E-state index is -0.650. The maximum atomic E-state index is 11.8. The highest BCUT2D eigenvalue weighted by Gasteiger charge is 2.41. The highest BCUT2D eigenvalue weighted by molar-refractivity contribution is 5.81. The molecule has 1 aliphatic heterocycles. The minimum absolute atomic E-state index is 0.0342. The van der Waals surface area contributed by atoms with Crippen molar-refractivity contribution in [2.45, 2.75) is 18.9 Å². The van der Waals surface area contributed by atoms with Crippen molar-refractivity contribution in [2.75, 3.05) is 25.0 Å². The van der Waals surface area contributed by atoms with E-state index in [-0.39, 0.29) is 12.5 Å². The summed E-state index contributed by atoms with van der Waals surface area (Å²) in [5.41, 5.74) is 0.287. The van der Waals surface area contributed by atoms with Gasteiger partial charge in [0.05, 0.1) is 25.2 Å². The number of aliphatic hydroxyl groups is 1. The number of likely N-dealkylation sites (tertiary alicyclic amines) is 1. The van der Waals surface area contributed by atoms with Crippen molar-refractivity contribution in [3.8, 4) is 0 Å². The Morgan fingerprint density at radius 1 is 1.41 bits per heavy atom. The molecule has 0 bridgehead atoms. The molecule has 2 rings (SSSR count). The average molecular weight is 234 g/mol. The zero-order valence-electron chi connectivity index (χ0n) is 10.0. The molecule has 0 aliphatic carbocycles. The predicted molar refractivity (Wildman–Crippen MR) is 66.8 cm³/mol. The van der Waals surface area contributed by atoms with E-state index in [1.165, 1.54) is 0 Å². The van der Waals surface area contributed by atoms with Gasteiger partial charge >= 0.3 is 0 Å². The quantitative estimate of drug-likeness (QED) is 0.819. The van der Waals surface area contributed by atoms with Crippen LogP contribution in [0.5, 0.6) is 0 Å². The van der Waals surface area contributed by atoms with Crippen LogP contribution in [0.25, 0.3) is 0 Å². The van der Waals surface area contributed by atoms with Gasteiger partial charge in [-0.05, 0) is 18.6 Å². The molecule has 4 heteroatoms. The first-order valence-corrected chi connectivity index (χ1v) is 5.92. The van der Waals surface area contributed by atoms with E-state index in [0.717, 1.165) is 5.69 Å². The van der Waals surface area contributed by atoms with Gasteiger partial charge in [-0.15, -0.1) is 0 Å². The zero-order valence-corrected chi connectivity index (χ0v) is 10.0. The monoisotopic (exact) mass is 234 g/mol. The van der Waals surface area contributed by atoms with Crippen LogP contribution in [0, 0.1) is 0 Å². The Labute approximate surface area is 101 Å². The van der Waals surface area contributed by atoms with Gasteiger partial charge in [-0.2, -0.15) is 0 Å². The highest BCUT2D eigenvalue weighted by atomic mass is 16.3. The van der Waals surface area contributed by atoms with E-state index >= 15 is 0 Å². The molecular weight excluding hydrogens is 216 g/mol. The Morgan fingerprint density at radius 3 is 2.65 bits per heavy atom. The summed E-state index contributed by atoms with van der Waals surface area (Å²) in [5, 5.41) is 12.9. The summed E-state index contributed by atoms with van der Waals surface area (Å²) in [6, 6.07) is 9.62. The molecular formula is C13H18N2O2. The zero-order chi connectivity index (χ0) is 12.3. The van der Waals surface area contributed by atoms with Crippen molar-refractivity contribution >= 4 is 11.6 Å². The Balaban J connectivity index is 1.76. The molecule has 0 aromatic heterocycles. The Morgan fingerprint density at radius 2 is 2.06 bits per heavy atom. The smallest absolute Gasteiger partial charge is 0.242 e. The maximum absolute atomic E-state index is 11.8. The van der Waals surface area contributed by atoms with E-state index in [9.17, 15) is 9.90 Å². The van der Waals surface area contributed by atoms with Crippen LogP contribution >= 0.6 is 0 Å². The van der Waals surface area contributed by atoms with Crippen molar-refractivity contribution in [1.29, 1.82) is 0 Å². The van der Waals surface area contributed by atoms with Gasteiger partial charge in [0.2, 0.25) is 5.91 Å². The van der Waals surface area contributed by atoms with Gasteiger partial charge in [0.15, 0.2) is 0 Å². The van der Waals surface area contributed by atoms with E-state index in [4.69, 9.17) is 0 Å². The first kappa shape index (κ1) is 11.9. The number of carbonyl (C=O) groups is 1. The van der Waals surface area contributed by atoms with Gasteiger partial charge in [0.1, 0.15) is 0 Å². The largest absolute Gasteiger partial charge is 0.386 e. The topological polar surface area (TPSA) is 52.6 Å². The third kappa shape index (κ3) is 2.77. The van der Waals surface area contributed by atoms with Crippen LogP contribution in [0.2, 0.25) is 0 Å². The first-order valence-electron chi connectivity index (χ1n) is 5.92. The van der Waals surface area contributed by atoms with Crippen LogP contribution in [-0.2, 0) is 4.79 Å². The van der Waals surface area contributed by atoms with E-state index in [1.807, 2.05) is 37.3 Å². The number of β-amino-alcohol motifs (C(OH)–C–C–N with tert-alkyl or cyclic N) is 1. The Bertz CT molecular complexity index is 386. The molecule has 1 aromatic rings. The van der Waals surface area contributed by atoms with E-state index in [2.05, 4.69) is 5.32 Å². The standard InChI is InChI=1S/C13H18N2O2/c1-2-13(17)9-15(10-13)12(16)8-14-11-6-4-3-5-7-11/h3-7,14,17H,2,8-10H2,1H3. The molecule has 92 valence electrons. The lowest BCUT2D eigenvalue weighted by atomic mass is 9.91. The van der Waals surface area contributed by atoms with Crippen LogP contribution < -0.4 is 5.32 Å². The van der Waals surface area contributed by atoms with Crippen molar-refractivity contribution in [3.05, 3.63) is 30.3 Å². The summed E-state index contributed by atoms with van der Waals surface area (Å²) in [5.74, 6) is 0.0342. The first-order chi connectivity index (χ1) is 8.13. The number of para-hydroxylation sites is 1. The van der Waals surface area contributed by atoms with E-state index < -0.39 is 5.60 Å². The lowest BCUT2D eigenvalue weighted by Gasteiger charge is -2.46. The molecule has 1 amide bonds. The number of amides is 1. The fraction of sp³-hybridized carbons (Fsp3) is 0.462. The molecule has 1 heterocycles. The maximum Gasteiger partial charge on any atom is 0.242 e. The third-order valence-electron chi connectivity index (χ3n) is 3.20. The van der Waals surface area contributed by atoms with E-state index in [1.54, 1.807) is 4.90 Å². The predicted octanol–water partition coefficient (Wildman–Crippen LogP) is 1.08. The fourth-order valence-electron chi connectivity index (χ4n) is 1.91. The molecule has 0 unspecified atom stereocenters. The highest BCUT2D eigenvalue weighted by Crippen LogP contribution is 2.23. The lowest BCUT2D eigenvalue weighted by molar-refractivity contribution is -0.153. The average Bonchev–Trinajstić information content (AvgIpc) is 2.33. The molecule has 0 saturated carbocycles. The molecule has 0 atom stereocenters. The van der Waals surface area contributed by atoms with Gasteiger partial charge in [0.25, 0.3) is 0 Å². The molecule has 0 spiro atoms. The van der Waals surface area contributed by atoms with Crippen molar-refractivity contribution in [3.63, 3.8) is 0 Å². The second kappa shape index (κ2) is 4.75. The van der Waals surface area contributed by atoms with Gasteiger partial charge < -0.3 is 15.3 Å². The van der Waals surface area contributed by atoms with E-state index in [0.29, 0.717) is 19.5 Å². The summed E-state index contributed by atoms with van der Waals surface area (Å²) < 4.78 is 0. The summed E-state index contributed by atoms with van der Waals surface area (Å²) >= 11 is 0. The van der Waals surface area contributed by atoms with Crippen LogP contribution in [0.1, 0.15) is 13.3 Å². The number of benzene rings is 1. The van der Waals surface area contributed by atoms with Crippen LogP contribution in [0.4, 0.5) is 5.69 Å². The van der Waals surface area contributed by atoms with Crippen LogP contribution in [0.3, 0.4) is 0 Å². The second-order valence-electron chi connectivity index (χ2n) is 4.55. The number of nitrogens with zero attached hydrogens (tertiary/aromatic N) is 1. The lowest BCUT2D eigenvalue weighted by Crippen LogP contribution is -2.63. The van der Waals surface area contributed by atoms with Crippen molar-refractivity contribution in [2.24, 2.45) is 0 Å². The molecule has 4 nitrogen and oxygen atoms in total. The van der Waals surface area contributed by atoms with Crippen LogP contribution in [-0.4, -0.2) is 41.1 Å². The van der Waals surface area contributed by atoms with Gasteiger partial charge in [0, 0.05) is 5.69 Å². The number of nitrogens with one attached hydrogen (secondary N) is 1. The summed E-state index contributed by atoms with van der Waals surface area (Å²) in [6.07, 6.45) is 0.697. The number of anilines is 1.